The molecule has 132 valence electrons. The van der Waals surface area contributed by atoms with Gasteiger partial charge in [-0.25, -0.2) is 0 Å². The molecule has 0 amide bonds. The maximum absolute atomic E-state index is 5.02. The van der Waals surface area contributed by atoms with Crippen LogP contribution in [-0.4, -0.2) is 33.3 Å². The van der Waals surface area contributed by atoms with Gasteiger partial charge in [-0.15, -0.1) is 24.0 Å². The van der Waals surface area contributed by atoms with Gasteiger partial charge in [0.05, 0.1) is 6.61 Å². The summed E-state index contributed by atoms with van der Waals surface area (Å²) in [5.74, 6) is 0.804. The molecule has 1 aromatic carbocycles. The second-order valence-electron chi connectivity index (χ2n) is 5.03. The Morgan fingerprint density at radius 1 is 1.08 bits per heavy atom. The van der Waals surface area contributed by atoms with Gasteiger partial charge in [0.25, 0.3) is 0 Å². The molecule has 1 heterocycles. The number of guanidine groups is 1. The minimum atomic E-state index is 0. The number of rotatable bonds is 8. The molecule has 1 aromatic heterocycles. The molecule has 7 heteroatoms. The molecule has 0 saturated carbocycles. The van der Waals surface area contributed by atoms with Crippen LogP contribution in [-0.2, 0) is 17.8 Å². The van der Waals surface area contributed by atoms with Gasteiger partial charge >= 0.3 is 0 Å². The molecular weight excluding hydrogens is 435 g/mol. The van der Waals surface area contributed by atoms with Crippen molar-refractivity contribution in [2.24, 2.45) is 4.99 Å². The molecular formula is C17H25IN4OS. The van der Waals surface area contributed by atoms with Crippen LogP contribution in [0.3, 0.4) is 0 Å². The third kappa shape index (κ3) is 7.50. The minimum absolute atomic E-state index is 0. The molecule has 24 heavy (non-hydrogen) atoms. The number of halogens is 1. The van der Waals surface area contributed by atoms with Gasteiger partial charge in [-0.3, -0.25) is 4.99 Å². The summed E-state index contributed by atoms with van der Waals surface area (Å²) in [6.07, 6.45) is 0. The van der Waals surface area contributed by atoms with Crippen LogP contribution in [0.15, 0.2) is 46.1 Å². The second-order valence-corrected chi connectivity index (χ2v) is 5.81. The van der Waals surface area contributed by atoms with E-state index in [0.29, 0.717) is 6.61 Å². The lowest BCUT2D eigenvalue weighted by Crippen LogP contribution is -2.36. The van der Waals surface area contributed by atoms with Crippen LogP contribution in [0.1, 0.15) is 11.1 Å². The predicted octanol–water partition coefficient (Wildman–Crippen LogP) is 3.29. The van der Waals surface area contributed by atoms with E-state index in [-0.39, 0.29) is 24.0 Å². The molecule has 0 aliphatic rings. The number of nitrogens with one attached hydrogen (secondary N) is 3. The fraction of sp³-hybridized carbons (Fsp3) is 0.353. The lowest BCUT2D eigenvalue weighted by atomic mass is 10.2. The number of hydrogen-bond donors (Lipinski definition) is 3. The topological polar surface area (TPSA) is 57.7 Å². The van der Waals surface area contributed by atoms with Crippen LogP contribution < -0.4 is 16.0 Å². The molecule has 0 radical (unpaired) electrons. The first-order chi connectivity index (χ1) is 11.3. The Hall–Kier alpha value is -1.32. The molecule has 2 aromatic rings. The first-order valence-electron chi connectivity index (χ1n) is 7.59. The molecule has 0 spiro atoms. The maximum atomic E-state index is 5.02. The number of aliphatic imine (C=N–C) groups is 1. The highest BCUT2D eigenvalue weighted by Gasteiger charge is 2.00. The largest absolute Gasteiger partial charge is 0.383 e. The summed E-state index contributed by atoms with van der Waals surface area (Å²) in [4.78, 5) is 4.24. The van der Waals surface area contributed by atoms with Crippen molar-refractivity contribution in [3.05, 3.63) is 52.2 Å². The van der Waals surface area contributed by atoms with Crippen molar-refractivity contribution in [1.29, 1.82) is 0 Å². The molecule has 0 fully saturated rings. The van der Waals surface area contributed by atoms with Gasteiger partial charge in [0, 0.05) is 39.5 Å². The summed E-state index contributed by atoms with van der Waals surface area (Å²) in [6, 6.07) is 10.5. The van der Waals surface area contributed by atoms with Gasteiger partial charge in [-0.1, -0.05) is 12.1 Å². The van der Waals surface area contributed by atoms with Crippen molar-refractivity contribution in [3.63, 3.8) is 0 Å². The molecule has 2 rings (SSSR count). The summed E-state index contributed by atoms with van der Waals surface area (Å²) >= 11 is 1.70. The van der Waals surface area contributed by atoms with Gasteiger partial charge in [-0.05, 0) is 40.1 Å². The van der Waals surface area contributed by atoms with Gasteiger partial charge in [0.1, 0.15) is 0 Å². The van der Waals surface area contributed by atoms with Crippen LogP contribution in [0.4, 0.5) is 5.69 Å². The van der Waals surface area contributed by atoms with E-state index in [1.807, 2.05) is 0 Å². The van der Waals surface area contributed by atoms with E-state index in [0.717, 1.165) is 31.3 Å². The summed E-state index contributed by atoms with van der Waals surface area (Å²) in [5.41, 5.74) is 3.58. The van der Waals surface area contributed by atoms with E-state index in [9.17, 15) is 0 Å². The zero-order valence-corrected chi connectivity index (χ0v) is 17.2. The number of anilines is 1. The average Bonchev–Trinajstić information content (AvgIpc) is 3.10. The minimum Gasteiger partial charge on any atom is -0.383 e. The molecule has 5 nitrogen and oxygen atoms in total. The van der Waals surface area contributed by atoms with Crippen LogP contribution in [0.25, 0.3) is 0 Å². The number of nitrogens with zero attached hydrogens (tertiary/aromatic N) is 1. The number of ether oxygens (including phenoxy) is 1. The summed E-state index contributed by atoms with van der Waals surface area (Å²) in [6.45, 7) is 3.04. The molecule has 0 aliphatic carbocycles. The van der Waals surface area contributed by atoms with Crippen molar-refractivity contribution in [2.75, 3.05) is 32.6 Å². The molecule has 0 saturated heterocycles. The average molecular weight is 460 g/mol. The van der Waals surface area contributed by atoms with Crippen molar-refractivity contribution in [2.45, 2.75) is 13.1 Å². The van der Waals surface area contributed by atoms with Gasteiger partial charge in [0.15, 0.2) is 5.96 Å². The Kier molecular flexibility index (Phi) is 10.4. The van der Waals surface area contributed by atoms with E-state index in [1.54, 1.807) is 25.5 Å². The standard InChI is InChI=1S/C17H24N4OS.HI/c1-18-17(21-12-15-7-10-23-13-15)20-11-14-3-5-16(6-4-14)19-8-9-22-2;/h3-7,10,13,19H,8-9,11-12H2,1-2H3,(H2,18,20,21);1H. The first-order valence-corrected chi connectivity index (χ1v) is 8.53. The normalized spacial score (nSPS) is 10.8. The van der Waals surface area contributed by atoms with E-state index in [4.69, 9.17) is 4.74 Å². The summed E-state index contributed by atoms with van der Waals surface area (Å²) in [5, 5.41) is 14.1. The van der Waals surface area contributed by atoms with Crippen LogP contribution in [0, 0.1) is 0 Å². The fourth-order valence-electron chi connectivity index (χ4n) is 2.02. The zero-order valence-electron chi connectivity index (χ0n) is 14.0. The Morgan fingerprint density at radius 3 is 2.38 bits per heavy atom. The number of methoxy groups -OCH3 is 1. The molecule has 3 N–H and O–H groups in total. The molecule has 0 bridgehead atoms. The monoisotopic (exact) mass is 460 g/mol. The predicted molar refractivity (Wildman–Crippen MR) is 114 cm³/mol. The summed E-state index contributed by atoms with van der Waals surface area (Å²) in [7, 11) is 3.49. The highest BCUT2D eigenvalue weighted by molar-refractivity contribution is 14.0. The Bertz CT molecular complexity index is 587. The molecule has 0 unspecified atom stereocenters. The molecule has 0 aliphatic heterocycles. The zero-order chi connectivity index (χ0) is 16.3. The maximum Gasteiger partial charge on any atom is 0.191 e. The second kappa shape index (κ2) is 12.1. The third-order valence-corrected chi connectivity index (χ3v) is 4.04. The summed E-state index contributed by atoms with van der Waals surface area (Å²) < 4.78 is 5.02. The molecule has 0 atom stereocenters. The van der Waals surface area contributed by atoms with Crippen molar-refractivity contribution < 1.29 is 4.74 Å². The van der Waals surface area contributed by atoms with Gasteiger partial charge in [0.2, 0.25) is 0 Å². The Balaban J connectivity index is 0.00000288. The van der Waals surface area contributed by atoms with Crippen LogP contribution >= 0.6 is 35.3 Å². The quantitative estimate of drug-likeness (QED) is 0.245. The van der Waals surface area contributed by atoms with Gasteiger partial charge in [-0.2, -0.15) is 11.3 Å². The highest BCUT2D eigenvalue weighted by atomic mass is 127. The number of benzene rings is 1. The van der Waals surface area contributed by atoms with E-state index in [2.05, 4.69) is 62.0 Å². The lowest BCUT2D eigenvalue weighted by molar-refractivity contribution is 0.211. The SMILES string of the molecule is CN=C(NCc1ccc(NCCOC)cc1)NCc1ccsc1.I. The number of thiophene rings is 1. The van der Waals surface area contributed by atoms with E-state index >= 15 is 0 Å². The van der Waals surface area contributed by atoms with Crippen molar-refractivity contribution >= 4 is 47.0 Å². The lowest BCUT2D eigenvalue weighted by Gasteiger charge is -2.12. The van der Waals surface area contributed by atoms with Crippen LogP contribution in [0.5, 0.6) is 0 Å². The third-order valence-electron chi connectivity index (χ3n) is 3.31. The van der Waals surface area contributed by atoms with Gasteiger partial charge < -0.3 is 20.7 Å². The van der Waals surface area contributed by atoms with E-state index in [1.165, 1.54) is 11.1 Å². The number of hydrogen-bond acceptors (Lipinski definition) is 4. The first kappa shape index (κ1) is 20.7. The Morgan fingerprint density at radius 2 is 1.79 bits per heavy atom. The smallest absolute Gasteiger partial charge is 0.191 e. The van der Waals surface area contributed by atoms with Crippen molar-refractivity contribution in [3.8, 4) is 0 Å². The van der Waals surface area contributed by atoms with E-state index < -0.39 is 0 Å². The van der Waals surface area contributed by atoms with Crippen molar-refractivity contribution in [1.82, 2.24) is 10.6 Å². The fourth-order valence-corrected chi connectivity index (χ4v) is 2.69. The van der Waals surface area contributed by atoms with Crippen LogP contribution in [0.2, 0.25) is 0 Å². The Labute approximate surface area is 164 Å². The highest BCUT2D eigenvalue weighted by Crippen LogP contribution is 2.09.